The van der Waals surface area contributed by atoms with Gasteiger partial charge >= 0.3 is 5.97 Å². The fraction of sp³-hybridized carbons (Fsp3) is 0.233. The first-order valence-corrected chi connectivity index (χ1v) is 15.5. The van der Waals surface area contributed by atoms with Gasteiger partial charge in [0.15, 0.2) is 10.5 Å². The Bertz CT molecular complexity index is 2180. The Kier molecular flexibility index (Phi) is 8.17. The number of nitro groups is 2. The van der Waals surface area contributed by atoms with Gasteiger partial charge in [0.1, 0.15) is 21.7 Å². The predicted octanol–water partition coefficient (Wildman–Crippen LogP) is 7.07. The lowest BCUT2D eigenvalue weighted by atomic mass is 10.0. The van der Waals surface area contributed by atoms with E-state index in [2.05, 4.69) is 10.2 Å². The highest BCUT2D eigenvalue weighted by molar-refractivity contribution is 7.93. The summed E-state index contributed by atoms with van der Waals surface area (Å²) in [5, 5.41) is 32.2. The van der Waals surface area contributed by atoms with Crippen LogP contribution in [0, 0.1) is 27.2 Å². The number of carbonyl (C=O) groups excluding carboxylic acids is 1. The standard InChI is InChI=1S/C30H26ClN5O9S/c1-16-12-20(27-21(13-16)26-28(44-27)22(31)15-32-33-26)17(2)34(23-9-7-6-8-19(23)29(37)45-30(3,4)5)46(42,43)25-11-10-18(35(38)39)14-24(25)36(40)41/h6-15,17H,1-5H3/t17-/m1/s1. The fourth-order valence-electron chi connectivity index (χ4n) is 5.06. The van der Waals surface area contributed by atoms with Gasteiger partial charge in [-0.25, -0.2) is 13.2 Å². The van der Waals surface area contributed by atoms with Crippen molar-refractivity contribution in [3.63, 3.8) is 0 Å². The minimum absolute atomic E-state index is 0.153. The first kappa shape index (κ1) is 32.2. The summed E-state index contributed by atoms with van der Waals surface area (Å²) >= 11 is 6.34. The number of para-hydroxylation sites is 1. The molecule has 3 aromatic carbocycles. The first-order chi connectivity index (χ1) is 21.5. The van der Waals surface area contributed by atoms with Gasteiger partial charge < -0.3 is 9.15 Å². The van der Waals surface area contributed by atoms with E-state index in [0.29, 0.717) is 28.1 Å². The largest absolute Gasteiger partial charge is 0.456 e. The molecule has 0 unspecified atom stereocenters. The van der Waals surface area contributed by atoms with E-state index in [0.717, 1.165) is 16.4 Å². The minimum Gasteiger partial charge on any atom is -0.456 e. The van der Waals surface area contributed by atoms with Crippen molar-refractivity contribution in [1.29, 1.82) is 0 Å². The van der Waals surface area contributed by atoms with Crippen LogP contribution < -0.4 is 4.31 Å². The molecule has 0 spiro atoms. The second-order valence-corrected chi connectivity index (χ2v) is 13.6. The highest BCUT2D eigenvalue weighted by atomic mass is 35.5. The number of hydrogen-bond acceptors (Lipinski definition) is 11. The highest BCUT2D eigenvalue weighted by Crippen LogP contribution is 2.43. The minimum atomic E-state index is -4.97. The van der Waals surface area contributed by atoms with Gasteiger partial charge in [-0.2, -0.15) is 5.10 Å². The topological polar surface area (TPSA) is 189 Å². The van der Waals surface area contributed by atoms with Crippen LogP contribution in [-0.2, 0) is 14.8 Å². The van der Waals surface area contributed by atoms with Crippen molar-refractivity contribution in [3.05, 3.63) is 103 Å². The average molecular weight is 668 g/mol. The molecule has 0 radical (unpaired) electrons. The molecule has 0 amide bonds. The lowest BCUT2D eigenvalue weighted by Gasteiger charge is -2.32. The van der Waals surface area contributed by atoms with E-state index in [4.69, 9.17) is 20.8 Å². The zero-order chi connectivity index (χ0) is 33.7. The number of ether oxygens (including phenoxy) is 1. The lowest BCUT2D eigenvalue weighted by molar-refractivity contribution is -0.396. The van der Waals surface area contributed by atoms with Crippen molar-refractivity contribution in [3.8, 4) is 0 Å². The Hall–Kier alpha value is -5.15. The Morgan fingerprint density at radius 3 is 2.39 bits per heavy atom. The molecule has 1 atom stereocenters. The molecule has 0 bridgehead atoms. The van der Waals surface area contributed by atoms with Crippen LogP contribution in [0.1, 0.15) is 55.2 Å². The van der Waals surface area contributed by atoms with E-state index < -0.39 is 53.8 Å². The SMILES string of the molecule is Cc1cc([C@@H](C)N(c2ccccc2C(=O)OC(C)(C)C)S(=O)(=O)c2ccc([N+](=O)[O-])cc2[N+](=O)[O-])c2oc3c(Cl)cnnc3c2c1. The van der Waals surface area contributed by atoms with E-state index in [1.807, 2.05) is 0 Å². The molecule has 2 heterocycles. The summed E-state index contributed by atoms with van der Waals surface area (Å²) in [6.07, 6.45) is 1.30. The number of aryl methyl sites for hydroxylation is 1. The average Bonchev–Trinajstić information content (AvgIpc) is 3.35. The number of aromatic nitrogens is 2. The summed E-state index contributed by atoms with van der Waals surface area (Å²) in [6.45, 7) is 8.20. The van der Waals surface area contributed by atoms with E-state index in [9.17, 15) is 33.4 Å². The summed E-state index contributed by atoms with van der Waals surface area (Å²) in [5.74, 6) is -0.853. The Morgan fingerprint density at radius 1 is 1.04 bits per heavy atom. The molecule has 238 valence electrons. The van der Waals surface area contributed by atoms with E-state index in [-0.39, 0.29) is 27.4 Å². The summed E-state index contributed by atoms with van der Waals surface area (Å²) in [7, 11) is -4.97. The Balaban J connectivity index is 1.84. The highest BCUT2D eigenvalue weighted by Gasteiger charge is 2.40. The molecule has 5 aromatic rings. The van der Waals surface area contributed by atoms with Gasteiger partial charge in [-0.1, -0.05) is 29.8 Å². The van der Waals surface area contributed by atoms with Crippen molar-refractivity contribution in [2.45, 2.75) is 51.2 Å². The normalized spacial score (nSPS) is 12.7. The maximum absolute atomic E-state index is 14.7. The fourth-order valence-corrected chi connectivity index (χ4v) is 7.03. The summed E-state index contributed by atoms with van der Waals surface area (Å²) < 4.78 is 41.9. The number of non-ortho nitro benzene ring substituents is 1. The van der Waals surface area contributed by atoms with E-state index in [1.165, 1.54) is 37.4 Å². The first-order valence-electron chi connectivity index (χ1n) is 13.6. The van der Waals surface area contributed by atoms with Gasteiger partial charge in [-0.15, -0.1) is 5.10 Å². The van der Waals surface area contributed by atoms with Crippen LogP contribution in [0.3, 0.4) is 0 Å². The molecule has 0 fully saturated rings. The van der Waals surface area contributed by atoms with Crippen LogP contribution in [0.5, 0.6) is 0 Å². The van der Waals surface area contributed by atoms with Crippen LogP contribution in [0.2, 0.25) is 5.02 Å². The van der Waals surface area contributed by atoms with Crippen molar-refractivity contribution in [2.75, 3.05) is 4.31 Å². The van der Waals surface area contributed by atoms with Crippen LogP contribution in [0.15, 0.2) is 70.1 Å². The zero-order valence-corrected chi connectivity index (χ0v) is 26.6. The number of furan rings is 1. The predicted molar refractivity (Wildman–Crippen MR) is 168 cm³/mol. The second kappa shape index (κ2) is 11.7. The number of anilines is 1. The number of esters is 1. The van der Waals surface area contributed by atoms with Crippen molar-refractivity contribution >= 4 is 66.7 Å². The Labute approximate surface area is 266 Å². The molecular weight excluding hydrogens is 642 g/mol. The number of benzene rings is 3. The molecular formula is C30H26ClN5O9S. The molecule has 16 heteroatoms. The molecule has 2 aromatic heterocycles. The molecule has 46 heavy (non-hydrogen) atoms. The van der Waals surface area contributed by atoms with Gasteiger partial charge in [0.25, 0.3) is 21.4 Å². The molecule has 0 saturated heterocycles. The molecule has 0 saturated carbocycles. The van der Waals surface area contributed by atoms with E-state index >= 15 is 0 Å². The zero-order valence-electron chi connectivity index (χ0n) is 25.0. The van der Waals surface area contributed by atoms with E-state index in [1.54, 1.807) is 39.8 Å². The second-order valence-electron chi connectivity index (χ2n) is 11.4. The quantitative estimate of drug-likeness (QED) is 0.0934. The van der Waals surface area contributed by atoms with Gasteiger partial charge in [-0.3, -0.25) is 24.5 Å². The third kappa shape index (κ3) is 5.81. The molecule has 5 rings (SSSR count). The molecule has 0 aliphatic heterocycles. The molecule has 14 nitrogen and oxygen atoms in total. The van der Waals surface area contributed by atoms with Crippen LogP contribution in [0.4, 0.5) is 17.1 Å². The summed E-state index contributed by atoms with van der Waals surface area (Å²) in [4.78, 5) is 34.2. The Morgan fingerprint density at radius 2 is 1.74 bits per heavy atom. The van der Waals surface area contributed by atoms with Gasteiger partial charge in [0.2, 0.25) is 0 Å². The number of carbonyl (C=O) groups is 1. The maximum Gasteiger partial charge on any atom is 0.340 e. The van der Waals surface area contributed by atoms with Crippen LogP contribution in [0.25, 0.3) is 22.1 Å². The molecule has 0 aliphatic rings. The van der Waals surface area contributed by atoms with Gasteiger partial charge in [0.05, 0.1) is 39.4 Å². The summed E-state index contributed by atoms with van der Waals surface area (Å²) in [6, 6.07) is 10.2. The van der Waals surface area contributed by atoms with Gasteiger partial charge in [-0.05, 0) is 64.4 Å². The maximum atomic E-state index is 14.7. The lowest BCUT2D eigenvalue weighted by Crippen LogP contribution is -2.36. The van der Waals surface area contributed by atoms with Crippen molar-refractivity contribution < 1.29 is 32.2 Å². The van der Waals surface area contributed by atoms with Crippen molar-refractivity contribution in [1.82, 2.24) is 10.2 Å². The van der Waals surface area contributed by atoms with Crippen LogP contribution >= 0.6 is 11.6 Å². The van der Waals surface area contributed by atoms with Gasteiger partial charge in [0, 0.05) is 17.0 Å². The number of nitrogens with zero attached hydrogens (tertiary/aromatic N) is 5. The number of rotatable bonds is 8. The third-order valence-electron chi connectivity index (χ3n) is 6.93. The number of hydrogen-bond donors (Lipinski definition) is 0. The number of sulfonamides is 1. The number of halogens is 1. The number of nitro benzene ring substituents is 2. The number of fused-ring (bicyclic) bond motifs is 3. The smallest absolute Gasteiger partial charge is 0.340 e. The monoisotopic (exact) mass is 667 g/mol. The summed E-state index contributed by atoms with van der Waals surface area (Å²) in [5.41, 5.74) is -1.25. The molecule has 0 aliphatic carbocycles. The third-order valence-corrected chi connectivity index (χ3v) is 9.13. The molecule has 0 N–H and O–H groups in total. The van der Waals surface area contributed by atoms with Crippen LogP contribution in [-0.4, -0.2) is 40.0 Å². The van der Waals surface area contributed by atoms with Crippen molar-refractivity contribution in [2.24, 2.45) is 0 Å².